The average Bonchev–Trinajstić information content (AvgIpc) is 2.47. The molecule has 0 fully saturated rings. The van der Waals surface area contributed by atoms with E-state index in [-0.39, 0.29) is 16.3 Å². The summed E-state index contributed by atoms with van der Waals surface area (Å²) in [6.07, 6.45) is 1.21. The molecule has 9 heteroatoms. The van der Waals surface area contributed by atoms with Crippen molar-refractivity contribution >= 4 is 21.9 Å². The van der Waals surface area contributed by atoms with E-state index in [0.717, 1.165) is 6.07 Å². The number of phenols is 1. The molecule has 0 saturated heterocycles. The number of nitro benzene ring substituents is 1. The maximum Gasteiger partial charge on any atom is 0.276 e. The molecular weight excluding hydrogens is 322 g/mol. The first-order valence-corrected chi connectivity index (χ1v) is 7.87. The lowest BCUT2D eigenvalue weighted by Crippen LogP contribution is -2.18. The predicted octanol–water partition coefficient (Wildman–Crippen LogP) is 1.92. The van der Waals surface area contributed by atoms with Gasteiger partial charge in [0.2, 0.25) is 0 Å². The van der Waals surface area contributed by atoms with Crippen molar-refractivity contribution in [3.63, 3.8) is 0 Å². The van der Waals surface area contributed by atoms with Crippen LogP contribution in [0.3, 0.4) is 0 Å². The zero-order valence-corrected chi connectivity index (χ0v) is 12.8. The fraction of sp³-hybridized carbons (Fsp3) is 0.0714. The minimum atomic E-state index is -4.03. The average molecular weight is 335 g/mol. The van der Waals surface area contributed by atoms with Gasteiger partial charge in [0.25, 0.3) is 15.7 Å². The van der Waals surface area contributed by atoms with Crippen LogP contribution in [-0.4, -0.2) is 24.7 Å². The van der Waals surface area contributed by atoms with Crippen molar-refractivity contribution in [1.29, 1.82) is 0 Å². The number of sulfonamides is 1. The molecule has 0 heterocycles. The molecule has 8 nitrogen and oxygen atoms in total. The maximum atomic E-state index is 12.1. The summed E-state index contributed by atoms with van der Waals surface area (Å²) in [6.45, 7) is 1.52. The summed E-state index contributed by atoms with van der Waals surface area (Å²) in [6, 6.07) is 9.64. The van der Waals surface area contributed by atoms with Gasteiger partial charge in [-0.25, -0.2) is 4.83 Å². The molecule has 2 N–H and O–H groups in total. The van der Waals surface area contributed by atoms with Gasteiger partial charge in [-0.05, 0) is 30.7 Å². The van der Waals surface area contributed by atoms with Gasteiger partial charge in [-0.2, -0.15) is 13.5 Å². The summed E-state index contributed by atoms with van der Waals surface area (Å²) in [4.78, 5) is 11.9. The third kappa shape index (κ3) is 4.04. The van der Waals surface area contributed by atoms with E-state index in [1.807, 2.05) is 4.83 Å². The Morgan fingerprint density at radius 2 is 2.00 bits per heavy atom. The molecule has 2 aromatic rings. The first-order chi connectivity index (χ1) is 10.8. The number of benzene rings is 2. The van der Waals surface area contributed by atoms with E-state index in [1.165, 1.54) is 37.4 Å². The number of nitro groups is 1. The van der Waals surface area contributed by atoms with Gasteiger partial charge in [0, 0.05) is 11.6 Å². The number of rotatable bonds is 5. The number of hydrogen-bond donors (Lipinski definition) is 2. The molecule has 0 unspecified atom stereocenters. The standard InChI is InChI=1S/C14H13N3O5S/c1-10-5-6-13(8-14(10)17(19)20)23(21,22)16-15-9-11-3-2-4-12(18)7-11/h2-9,16,18H,1H3/b15-9-. The second-order valence-corrected chi connectivity index (χ2v) is 6.31. The van der Waals surface area contributed by atoms with Crippen molar-refractivity contribution in [3.05, 3.63) is 63.7 Å². The summed E-state index contributed by atoms with van der Waals surface area (Å²) in [7, 11) is -4.03. The van der Waals surface area contributed by atoms with Crippen molar-refractivity contribution in [2.45, 2.75) is 11.8 Å². The number of phenolic OH excluding ortho intramolecular Hbond substituents is 1. The van der Waals surface area contributed by atoms with Gasteiger partial charge in [0.1, 0.15) is 5.75 Å². The number of nitrogens with one attached hydrogen (secondary N) is 1. The highest BCUT2D eigenvalue weighted by Crippen LogP contribution is 2.22. The van der Waals surface area contributed by atoms with Crippen LogP contribution in [0.1, 0.15) is 11.1 Å². The third-order valence-electron chi connectivity index (χ3n) is 2.94. The van der Waals surface area contributed by atoms with Crippen LogP contribution >= 0.6 is 0 Å². The van der Waals surface area contributed by atoms with Crippen LogP contribution in [0, 0.1) is 17.0 Å². The van der Waals surface area contributed by atoms with Crippen LogP contribution in [-0.2, 0) is 10.0 Å². The van der Waals surface area contributed by atoms with Crippen LogP contribution in [0.25, 0.3) is 0 Å². The number of hydrogen-bond acceptors (Lipinski definition) is 6. The van der Waals surface area contributed by atoms with E-state index < -0.39 is 14.9 Å². The Morgan fingerprint density at radius 1 is 1.26 bits per heavy atom. The van der Waals surface area contributed by atoms with Crippen molar-refractivity contribution in [2.24, 2.45) is 5.10 Å². The Kier molecular flexibility index (Phi) is 4.60. The summed E-state index contributed by atoms with van der Waals surface area (Å²) in [5.41, 5.74) is 0.560. The molecule has 2 rings (SSSR count). The number of nitrogens with zero attached hydrogens (tertiary/aromatic N) is 2. The van der Waals surface area contributed by atoms with E-state index in [1.54, 1.807) is 12.1 Å². The van der Waals surface area contributed by atoms with Crippen LogP contribution in [0.2, 0.25) is 0 Å². The molecule has 0 bridgehead atoms. The molecule has 120 valence electrons. The topological polar surface area (TPSA) is 122 Å². The Hall–Kier alpha value is -2.94. The van der Waals surface area contributed by atoms with E-state index >= 15 is 0 Å². The summed E-state index contributed by atoms with van der Waals surface area (Å²) in [5.74, 6) is 0.0194. The van der Waals surface area contributed by atoms with E-state index in [4.69, 9.17) is 0 Å². The van der Waals surface area contributed by atoms with Gasteiger partial charge < -0.3 is 5.11 Å². The number of hydrazone groups is 1. The molecule has 0 atom stereocenters. The lowest BCUT2D eigenvalue weighted by atomic mass is 10.2. The zero-order valence-electron chi connectivity index (χ0n) is 12.0. The fourth-order valence-electron chi connectivity index (χ4n) is 1.78. The van der Waals surface area contributed by atoms with Crippen molar-refractivity contribution in [1.82, 2.24) is 4.83 Å². The zero-order chi connectivity index (χ0) is 17.0. The molecule has 23 heavy (non-hydrogen) atoms. The molecule has 0 spiro atoms. The highest BCUT2D eigenvalue weighted by atomic mass is 32.2. The van der Waals surface area contributed by atoms with Crippen LogP contribution in [0.4, 0.5) is 5.69 Å². The predicted molar refractivity (Wildman–Crippen MR) is 83.9 cm³/mol. The molecule has 0 aliphatic heterocycles. The van der Waals surface area contributed by atoms with Gasteiger partial charge in [-0.15, -0.1) is 0 Å². The molecule has 0 aliphatic carbocycles. The van der Waals surface area contributed by atoms with Crippen LogP contribution in [0.15, 0.2) is 52.5 Å². The van der Waals surface area contributed by atoms with E-state index in [9.17, 15) is 23.6 Å². The highest BCUT2D eigenvalue weighted by molar-refractivity contribution is 7.89. The lowest BCUT2D eigenvalue weighted by molar-refractivity contribution is -0.385. The molecule has 0 radical (unpaired) electrons. The normalized spacial score (nSPS) is 11.5. The Labute approximate surface area is 132 Å². The van der Waals surface area contributed by atoms with Gasteiger partial charge in [-0.3, -0.25) is 10.1 Å². The Morgan fingerprint density at radius 3 is 2.65 bits per heavy atom. The first-order valence-electron chi connectivity index (χ1n) is 6.38. The molecule has 0 aromatic heterocycles. The highest BCUT2D eigenvalue weighted by Gasteiger charge is 2.19. The van der Waals surface area contributed by atoms with Gasteiger partial charge >= 0.3 is 0 Å². The molecule has 2 aromatic carbocycles. The number of aryl methyl sites for hydroxylation is 1. The second-order valence-electron chi connectivity index (χ2n) is 4.65. The van der Waals surface area contributed by atoms with E-state index in [2.05, 4.69) is 5.10 Å². The largest absolute Gasteiger partial charge is 0.508 e. The SMILES string of the molecule is Cc1ccc(S(=O)(=O)N/N=C\c2cccc(O)c2)cc1[N+](=O)[O-]. The molecule has 0 aliphatic rings. The first kappa shape index (κ1) is 16.4. The second kappa shape index (κ2) is 6.44. The van der Waals surface area contributed by atoms with Crippen molar-refractivity contribution < 1.29 is 18.4 Å². The van der Waals surface area contributed by atoms with Crippen LogP contribution < -0.4 is 4.83 Å². The van der Waals surface area contributed by atoms with Gasteiger partial charge in [0.05, 0.1) is 16.0 Å². The summed E-state index contributed by atoms with van der Waals surface area (Å²) < 4.78 is 24.2. The van der Waals surface area contributed by atoms with Crippen LogP contribution in [0.5, 0.6) is 5.75 Å². The van der Waals surface area contributed by atoms with E-state index in [0.29, 0.717) is 11.1 Å². The minimum Gasteiger partial charge on any atom is -0.508 e. The van der Waals surface area contributed by atoms with Gasteiger partial charge in [0.15, 0.2) is 0 Å². The smallest absolute Gasteiger partial charge is 0.276 e. The Balaban J connectivity index is 2.22. The quantitative estimate of drug-likeness (QED) is 0.491. The molecule has 0 saturated carbocycles. The van der Waals surface area contributed by atoms with Crippen molar-refractivity contribution in [2.75, 3.05) is 0 Å². The maximum absolute atomic E-state index is 12.1. The summed E-state index contributed by atoms with van der Waals surface area (Å²) >= 11 is 0. The molecule has 0 amide bonds. The fourth-order valence-corrected chi connectivity index (χ4v) is 2.59. The summed E-state index contributed by atoms with van der Waals surface area (Å²) in [5, 5.41) is 23.7. The van der Waals surface area contributed by atoms with Crippen molar-refractivity contribution in [3.8, 4) is 5.75 Å². The lowest BCUT2D eigenvalue weighted by Gasteiger charge is -2.04. The monoisotopic (exact) mass is 335 g/mol. The number of aromatic hydroxyl groups is 1. The third-order valence-corrected chi connectivity index (χ3v) is 4.16. The Bertz CT molecular complexity index is 878. The van der Waals surface area contributed by atoms with Gasteiger partial charge in [-0.1, -0.05) is 18.2 Å². The minimum absolute atomic E-state index is 0.0194. The molecular formula is C14H13N3O5S.